The number of hydrogen-bond acceptors (Lipinski definition) is 3. The van der Waals surface area contributed by atoms with Crippen LogP contribution in [0, 0.1) is 11.3 Å². The van der Waals surface area contributed by atoms with E-state index in [-0.39, 0.29) is 5.41 Å². The fourth-order valence-corrected chi connectivity index (χ4v) is 8.65. The lowest BCUT2D eigenvalue weighted by molar-refractivity contribution is 0.618. The van der Waals surface area contributed by atoms with Gasteiger partial charge in [-0.15, -0.1) is 0 Å². The Kier molecular flexibility index (Phi) is 12.1. The van der Waals surface area contributed by atoms with Crippen LogP contribution >= 0.6 is 0 Å². The molecule has 2 aliphatic carbocycles. The second-order valence-electron chi connectivity index (χ2n) is 15.5. The number of para-hydroxylation sites is 1. The second-order valence-corrected chi connectivity index (χ2v) is 15.5. The molecule has 0 saturated heterocycles. The van der Waals surface area contributed by atoms with Gasteiger partial charge in [0.1, 0.15) is 0 Å². The minimum Gasteiger partial charge on any atom is -0.309 e. The van der Waals surface area contributed by atoms with Crippen LogP contribution in [0.3, 0.4) is 0 Å². The standard InChI is InChI=1S/C50H40N4.C3H8.C2H6/c1-5-39-41-28-42-40-22-13-14-23-47(40)54(48(42)29-44(41)50(3,4)43(39)6-2)38-26-36(35-21-15-16-32(24-35)31-51)25-37(27-38)49-52-45(33-17-9-7-10-18-33)30-46(53-49)34-19-11-8-12-20-34;1-3-2;1-2/h5,7,9-11,13-30H,1,6,8,12H2,2-4H3;3H2,1-2H3;1-2H3. The van der Waals surface area contributed by atoms with Crippen LogP contribution in [0.1, 0.15) is 96.5 Å². The number of aromatic nitrogens is 3. The quantitative estimate of drug-likeness (QED) is 0.162. The summed E-state index contributed by atoms with van der Waals surface area (Å²) >= 11 is 0. The first kappa shape index (κ1) is 40.6. The topological polar surface area (TPSA) is 54.5 Å². The van der Waals surface area contributed by atoms with Crippen LogP contribution < -0.4 is 0 Å². The van der Waals surface area contributed by atoms with Gasteiger partial charge >= 0.3 is 0 Å². The van der Waals surface area contributed by atoms with Crippen LogP contribution in [0.2, 0.25) is 0 Å². The van der Waals surface area contributed by atoms with Gasteiger partial charge in [0.15, 0.2) is 5.82 Å². The molecule has 0 bridgehead atoms. The fraction of sp³-hybridized carbons (Fsp3) is 0.218. The van der Waals surface area contributed by atoms with Gasteiger partial charge in [0, 0.05) is 33.0 Å². The Bertz CT molecular complexity index is 2820. The fourth-order valence-electron chi connectivity index (χ4n) is 8.65. The van der Waals surface area contributed by atoms with Gasteiger partial charge in [-0.25, -0.2) is 9.97 Å². The summed E-state index contributed by atoms with van der Waals surface area (Å²) in [5.41, 5.74) is 15.8. The molecule has 0 unspecified atom stereocenters. The number of benzene rings is 5. The molecule has 0 atom stereocenters. The van der Waals surface area contributed by atoms with E-state index in [1.165, 1.54) is 39.5 Å². The predicted octanol–water partition coefficient (Wildman–Crippen LogP) is 15.3. The summed E-state index contributed by atoms with van der Waals surface area (Å²) < 4.78 is 2.40. The third-order valence-corrected chi connectivity index (χ3v) is 11.3. The first-order chi connectivity index (χ1) is 28.8. The van der Waals surface area contributed by atoms with Crippen molar-refractivity contribution in [2.75, 3.05) is 0 Å². The Balaban J connectivity index is 0.00000101. The first-order valence-electron chi connectivity index (χ1n) is 21.2. The summed E-state index contributed by atoms with van der Waals surface area (Å²) in [6.45, 7) is 19.4. The van der Waals surface area contributed by atoms with Crippen LogP contribution in [0.4, 0.5) is 0 Å². The molecule has 2 aliphatic rings. The molecule has 0 N–H and O–H groups in total. The molecular formula is C55H54N4. The van der Waals surface area contributed by atoms with Crippen LogP contribution in [-0.4, -0.2) is 14.5 Å². The molecule has 9 rings (SSSR count). The van der Waals surface area contributed by atoms with Gasteiger partial charge in [-0.3, -0.25) is 0 Å². The van der Waals surface area contributed by atoms with E-state index in [0.717, 1.165) is 75.2 Å². The largest absolute Gasteiger partial charge is 0.309 e. The molecule has 2 heterocycles. The van der Waals surface area contributed by atoms with Crippen molar-refractivity contribution < 1.29 is 0 Å². The van der Waals surface area contributed by atoms with Crippen molar-refractivity contribution in [2.45, 2.75) is 79.6 Å². The number of nitriles is 1. The third kappa shape index (κ3) is 7.62. The van der Waals surface area contributed by atoms with E-state index in [9.17, 15) is 5.26 Å². The maximum atomic E-state index is 9.87. The van der Waals surface area contributed by atoms with E-state index in [2.05, 4.69) is 161 Å². The maximum absolute atomic E-state index is 9.87. The number of nitrogens with zero attached hydrogens (tertiary/aromatic N) is 4. The number of hydrogen-bond donors (Lipinski definition) is 0. The van der Waals surface area contributed by atoms with Gasteiger partial charge in [-0.1, -0.05) is 152 Å². The summed E-state index contributed by atoms with van der Waals surface area (Å²) in [6.07, 6.45) is 12.9. The van der Waals surface area contributed by atoms with E-state index in [0.29, 0.717) is 11.4 Å². The summed E-state index contributed by atoms with van der Waals surface area (Å²) in [5.74, 6) is 0.654. The Hall–Kier alpha value is -6.57. The molecule has 7 aromatic rings. The summed E-state index contributed by atoms with van der Waals surface area (Å²) in [6, 6.07) is 42.7. The Labute approximate surface area is 350 Å². The Morgan fingerprint density at radius 3 is 2.15 bits per heavy atom. The molecule has 0 radical (unpaired) electrons. The summed E-state index contributed by atoms with van der Waals surface area (Å²) in [4.78, 5) is 10.5. The highest BCUT2D eigenvalue weighted by molar-refractivity contribution is 6.11. The van der Waals surface area contributed by atoms with Crippen molar-refractivity contribution >= 4 is 33.0 Å². The predicted molar refractivity (Wildman–Crippen MR) is 251 cm³/mol. The first-order valence-corrected chi connectivity index (χ1v) is 21.2. The van der Waals surface area contributed by atoms with Crippen molar-refractivity contribution in [3.8, 4) is 45.5 Å². The van der Waals surface area contributed by atoms with Crippen molar-refractivity contribution in [1.29, 1.82) is 5.26 Å². The molecule has 294 valence electrons. The molecule has 0 spiro atoms. The highest BCUT2D eigenvalue weighted by Gasteiger charge is 2.36. The average Bonchev–Trinajstić information content (AvgIpc) is 3.73. The maximum Gasteiger partial charge on any atom is 0.160 e. The van der Waals surface area contributed by atoms with Crippen LogP contribution in [-0.2, 0) is 5.41 Å². The molecule has 0 saturated carbocycles. The van der Waals surface area contributed by atoms with Crippen molar-refractivity contribution in [3.63, 3.8) is 0 Å². The Morgan fingerprint density at radius 2 is 1.44 bits per heavy atom. The minimum atomic E-state index is -0.127. The van der Waals surface area contributed by atoms with Crippen molar-refractivity contribution in [2.24, 2.45) is 0 Å². The number of allylic oxidation sites excluding steroid dienone is 7. The molecule has 2 aromatic heterocycles. The monoisotopic (exact) mass is 770 g/mol. The summed E-state index contributed by atoms with van der Waals surface area (Å²) in [5, 5.41) is 12.3. The third-order valence-electron chi connectivity index (χ3n) is 11.3. The highest BCUT2D eigenvalue weighted by atomic mass is 15.0. The molecule has 0 aliphatic heterocycles. The van der Waals surface area contributed by atoms with Crippen LogP contribution in [0.5, 0.6) is 0 Å². The molecule has 4 heteroatoms. The SMILES string of the molecule is C=CC1=C(CC)C(C)(C)c2cc3c(cc21)c1ccccc1n3-c1cc(-c2cccc(C#N)c2)cc(-c2nc(C3=CCCC=C3)cc(-c3ccccc3)n2)c1.CC.CCC. The van der Waals surface area contributed by atoms with Crippen molar-refractivity contribution in [1.82, 2.24) is 14.5 Å². The van der Waals surface area contributed by atoms with Gasteiger partial charge in [0.25, 0.3) is 0 Å². The van der Waals surface area contributed by atoms with Gasteiger partial charge in [-0.05, 0) is 107 Å². The van der Waals surface area contributed by atoms with E-state index in [1.54, 1.807) is 0 Å². The zero-order valence-corrected chi connectivity index (χ0v) is 35.6. The zero-order valence-electron chi connectivity index (χ0n) is 35.6. The average molecular weight is 771 g/mol. The normalized spacial score (nSPS) is 13.8. The molecular weight excluding hydrogens is 717 g/mol. The van der Waals surface area contributed by atoms with Gasteiger partial charge in [-0.2, -0.15) is 5.26 Å². The van der Waals surface area contributed by atoms with E-state index in [1.807, 2.05) is 44.2 Å². The lowest BCUT2D eigenvalue weighted by Gasteiger charge is -2.24. The Morgan fingerprint density at radius 1 is 0.729 bits per heavy atom. The van der Waals surface area contributed by atoms with Gasteiger partial charge < -0.3 is 4.57 Å². The minimum absolute atomic E-state index is 0.127. The van der Waals surface area contributed by atoms with Gasteiger partial charge in [0.05, 0.1) is 34.1 Å². The molecule has 5 aromatic carbocycles. The zero-order chi connectivity index (χ0) is 41.7. The molecule has 0 fully saturated rings. The van der Waals surface area contributed by atoms with Crippen LogP contribution in [0.15, 0.2) is 152 Å². The highest BCUT2D eigenvalue weighted by Crippen LogP contribution is 2.50. The smallest absolute Gasteiger partial charge is 0.160 e. The van der Waals surface area contributed by atoms with Crippen LogP contribution in [0.25, 0.3) is 72.4 Å². The second kappa shape index (κ2) is 17.5. The van der Waals surface area contributed by atoms with E-state index >= 15 is 0 Å². The lowest BCUT2D eigenvalue weighted by atomic mass is 9.80. The van der Waals surface area contributed by atoms with E-state index in [4.69, 9.17) is 9.97 Å². The van der Waals surface area contributed by atoms with E-state index < -0.39 is 0 Å². The lowest BCUT2D eigenvalue weighted by Crippen LogP contribution is -2.17. The molecule has 4 nitrogen and oxygen atoms in total. The van der Waals surface area contributed by atoms with Crippen molar-refractivity contribution in [3.05, 3.63) is 174 Å². The molecule has 0 amide bonds. The summed E-state index contributed by atoms with van der Waals surface area (Å²) in [7, 11) is 0. The number of fused-ring (bicyclic) bond motifs is 4. The van der Waals surface area contributed by atoms with Gasteiger partial charge in [0.2, 0.25) is 0 Å². The number of rotatable bonds is 7. The molecule has 59 heavy (non-hydrogen) atoms.